The average Bonchev–Trinajstić information content (AvgIpc) is 2.37. The maximum absolute atomic E-state index is 10.8. The van der Waals surface area contributed by atoms with Gasteiger partial charge in [0.15, 0.2) is 0 Å². The highest BCUT2D eigenvalue weighted by Gasteiger charge is 2.16. The molecule has 3 N–H and O–H groups in total. The van der Waals surface area contributed by atoms with E-state index in [0.717, 1.165) is 17.3 Å². The first-order valence-corrected chi connectivity index (χ1v) is 5.48. The third-order valence-corrected chi connectivity index (χ3v) is 2.57. The SMILES string of the molecule is Cc1cnccc1CNc1nc(N)ncc1[N+](=O)[O-]. The minimum absolute atomic E-state index is 0.0143. The van der Waals surface area contributed by atoms with Crippen molar-refractivity contribution in [1.29, 1.82) is 0 Å². The van der Waals surface area contributed by atoms with Crippen LogP contribution in [0.1, 0.15) is 11.1 Å². The van der Waals surface area contributed by atoms with E-state index in [0.29, 0.717) is 6.54 Å². The summed E-state index contributed by atoms with van der Waals surface area (Å²) in [5.74, 6) is 0.0910. The molecule has 19 heavy (non-hydrogen) atoms. The first kappa shape index (κ1) is 12.7. The van der Waals surface area contributed by atoms with Gasteiger partial charge >= 0.3 is 5.69 Å². The summed E-state index contributed by atoms with van der Waals surface area (Å²) in [6.45, 7) is 2.30. The normalized spacial score (nSPS) is 10.2. The second-order valence-corrected chi connectivity index (χ2v) is 3.87. The quantitative estimate of drug-likeness (QED) is 0.627. The van der Waals surface area contributed by atoms with Crippen LogP contribution >= 0.6 is 0 Å². The van der Waals surface area contributed by atoms with Crippen molar-refractivity contribution in [2.45, 2.75) is 13.5 Å². The van der Waals surface area contributed by atoms with Crippen LogP contribution in [0.2, 0.25) is 0 Å². The Balaban J connectivity index is 2.22. The molecule has 0 bridgehead atoms. The van der Waals surface area contributed by atoms with Crippen molar-refractivity contribution in [3.05, 3.63) is 45.9 Å². The van der Waals surface area contributed by atoms with Crippen molar-refractivity contribution in [1.82, 2.24) is 15.0 Å². The van der Waals surface area contributed by atoms with E-state index in [4.69, 9.17) is 5.73 Å². The Labute approximate surface area is 108 Å². The number of aromatic nitrogens is 3. The molecule has 8 heteroatoms. The predicted octanol–water partition coefficient (Wildman–Crippen LogP) is 1.28. The molecule has 0 aliphatic heterocycles. The number of hydrogen-bond acceptors (Lipinski definition) is 7. The van der Waals surface area contributed by atoms with Crippen LogP contribution in [0.3, 0.4) is 0 Å². The van der Waals surface area contributed by atoms with Gasteiger partial charge in [0.1, 0.15) is 6.20 Å². The van der Waals surface area contributed by atoms with Crippen molar-refractivity contribution < 1.29 is 4.92 Å². The van der Waals surface area contributed by atoms with Crippen LogP contribution in [0, 0.1) is 17.0 Å². The van der Waals surface area contributed by atoms with Gasteiger partial charge in [0.05, 0.1) is 4.92 Å². The number of nitrogens with one attached hydrogen (secondary N) is 1. The fraction of sp³-hybridized carbons (Fsp3) is 0.182. The average molecular weight is 260 g/mol. The molecular weight excluding hydrogens is 248 g/mol. The molecule has 98 valence electrons. The second-order valence-electron chi connectivity index (χ2n) is 3.87. The number of anilines is 2. The summed E-state index contributed by atoms with van der Waals surface area (Å²) >= 11 is 0. The lowest BCUT2D eigenvalue weighted by Gasteiger charge is -2.08. The lowest BCUT2D eigenvalue weighted by Crippen LogP contribution is -2.08. The van der Waals surface area contributed by atoms with Gasteiger partial charge in [-0.2, -0.15) is 4.98 Å². The van der Waals surface area contributed by atoms with Crippen LogP contribution in [-0.4, -0.2) is 19.9 Å². The number of pyridine rings is 1. The van der Waals surface area contributed by atoms with E-state index in [-0.39, 0.29) is 17.5 Å². The highest BCUT2D eigenvalue weighted by Crippen LogP contribution is 2.21. The van der Waals surface area contributed by atoms with Crippen LogP contribution in [-0.2, 0) is 6.54 Å². The van der Waals surface area contributed by atoms with Gasteiger partial charge in [-0.15, -0.1) is 0 Å². The van der Waals surface area contributed by atoms with Gasteiger partial charge < -0.3 is 11.1 Å². The number of nitrogens with zero attached hydrogens (tertiary/aromatic N) is 4. The molecule has 0 atom stereocenters. The molecule has 0 saturated heterocycles. The molecule has 0 saturated carbocycles. The minimum atomic E-state index is -0.554. The van der Waals surface area contributed by atoms with E-state index in [1.807, 2.05) is 13.0 Å². The topological polar surface area (TPSA) is 120 Å². The molecule has 2 heterocycles. The highest BCUT2D eigenvalue weighted by atomic mass is 16.6. The molecule has 8 nitrogen and oxygen atoms in total. The number of nitro groups is 1. The second kappa shape index (κ2) is 5.25. The predicted molar refractivity (Wildman–Crippen MR) is 69.4 cm³/mol. The van der Waals surface area contributed by atoms with Gasteiger partial charge in [-0.05, 0) is 24.1 Å². The maximum Gasteiger partial charge on any atom is 0.329 e. The molecule has 0 amide bonds. The summed E-state index contributed by atoms with van der Waals surface area (Å²) in [4.78, 5) is 21.7. The van der Waals surface area contributed by atoms with E-state index in [2.05, 4.69) is 20.3 Å². The van der Waals surface area contributed by atoms with E-state index in [1.54, 1.807) is 12.4 Å². The molecule has 2 aromatic rings. The maximum atomic E-state index is 10.8. The van der Waals surface area contributed by atoms with E-state index >= 15 is 0 Å². The van der Waals surface area contributed by atoms with Crippen LogP contribution < -0.4 is 11.1 Å². The highest BCUT2D eigenvalue weighted by molar-refractivity contribution is 5.56. The van der Waals surface area contributed by atoms with Crippen molar-refractivity contribution in [2.24, 2.45) is 0 Å². The number of hydrogen-bond donors (Lipinski definition) is 2. The molecule has 0 radical (unpaired) electrons. The fourth-order valence-corrected chi connectivity index (χ4v) is 1.53. The standard InChI is InChI=1S/C11H12N6O2/c1-7-4-13-3-2-8(7)5-14-10-9(17(18)19)6-15-11(12)16-10/h2-4,6H,5H2,1H3,(H3,12,14,15,16). The van der Waals surface area contributed by atoms with Gasteiger partial charge in [0, 0.05) is 18.9 Å². The zero-order valence-electron chi connectivity index (χ0n) is 10.2. The van der Waals surface area contributed by atoms with Crippen LogP contribution in [0.25, 0.3) is 0 Å². The van der Waals surface area contributed by atoms with E-state index < -0.39 is 4.92 Å². The molecular formula is C11H12N6O2. The van der Waals surface area contributed by atoms with Gasteiger partial charge in [0.2, 0.25) is 11.8 Å². The Kier molecular flexibility index (Phi) is 3.51. The molecule has 0 aliphatic carbocycles. The molecule has 2 aromatic heterocycles. The van der Waals surface area contributed by atoms with Gasteiger partial charge in [-0.3, -0.25) is 15.1 Å². The molecule has 0 aromatic carbocycles. The van der Waals surface area contributed by atoms with Gasteiger partial charge in [-0.1, -0.05) is 0 Å². The summed E-state index contributed by atoms with van der Waals surface area (Å²) < 4.78 is 0. The first-order chi connectivity index (χ1) is 9.08. The van der Waals surface area contributed by atoms with Crippen molar-refractivity contribution in [3.63, 3.8) is 0 Å². The lowest BCUT2D eigenvalue weighted by molar-refractivity contribution is -0.384. The smallest absolute Gasteiger partial charge is 0.329 e. The molecule has 0 fully saturated rings. The summed E-state index contributed by atoms with van der Waals surface area (Å²) in [6.07, 6.45) is 4.47. The molecule has 2 rings (SSSR count). The summed E-state index contributed by atoms with van der Waals surface area (Å²) in [6, 6.07) is 1.83. The van der Waals surface area contributed by atoms with Crippen LogP contribution in [0.4, 0.5) is 17.5 Å². The third-order valence-electron chi connectivity index (χ3n) is 2.57. The third kappa shape index (κ3) is 2.92. The zero-order valence-corrected chi connectivity index (χ0v) is 10.2. The number of rotatable bonds is 4. The van der Waals surface area contributed by atoms with Gasteiger partial charge in [-0.25, -0.2) is 4.98 Å². The Morgan fingerprint density at radius 1 is 1.47 bits per heavy atom. The Bertz CT molecular complexity index is 616. The Hall–Kier alpha value is -2.77. The Morgan fingerprint density at radius 3 is 2.95 bits per heavy atom. The zero-order chi connectivity index (χ0) is 13.8. The van der Waals surface area contributed by atoms with Gasteiger partial charge in [0.25, 0.3) is 0 Å². The van der Waals surface area contributed by atoms with E-state index in [9.17, 15) is 10.1 Å². The Morgan fingerprint density at radius 2 is 2.26 bits per heavy atom. The number of nitrogen functional groups attached to an aromatic ring is 1. The summed E-state index contributed by atoms with van der Waals surface area (Å²) in [5.41, 5.74) is 7.18. The number of nitrogens with two attached hydrogens (primary N) is 1. The van der Waals surface area contributed by atoms with E-state index in [1.165, 1.54) is 0 Å². The largest absolute Gasteiger partial charge is 0.368 e. The van der Waals surface area contributed by atoms with Crippen molar-refractivity contribution in [3.8, 4) is 0 Å². The first-order valence-electron chi connectivity index (χ1n) is 5.48. The lowest BCUT2D eigenvalue weighted by atomic mass is 10.1. The monoisotopic (exact) mass is 260 g/mol. The molecule has 0 unspecified atom stereocenters. The van der Waals surface area contributed by atoms with Crippen molar-refractivity contribution >= 4 is 17.5 Å². The molecule has 0 aliphatic rings. The summed E-state index contributed by atoms with van der Waals surface area (Å²) in [5, 5.41) is 13.7. The van der Waals surface area contributed by atoms with Crippen molar-refractivity contribution in [2.75, 3.05) is 11.1 Å². The minimum Gasteiger partial charge on any atom is -0.368 e. The molecule has 0 spiro atoms. The van der Waals surface area contributed by atoms with Crippen LogP contribution in [0.15, 0.2) is 24.7 Å². The summed E-state index contributed by atoms with van der Waals surface area (Å²) in [7, 11) is 0. The van der Waals surface area contributed by atoms with Crippen LogP contribution in [0.5, 0.6) is 0 Å². The fourth-order valence-electron chi connectivity index (χ4n) is 1.53. The number of aryl methyl sites for hydroxylation is 1.